The Balaban J connectivity index is 1.38. The van der Waals surface area contributed by atoms with E-state index >= 15 is 0 Å². The molecule has 0 spiro atoms. The number of ether oxygens (including phenoxy) is 1. The monoisotopic (exact) mass is 457 g/mol. The minimum atomic E-state index is -0.383. The number of pyridine rings is 1. The van der Waals surface area contributed by atoms with Crippen molar-refractivity contribution < 1.29 is 14.3 Å². The predicted octanol–water partition coefficient (Wildman–Crippen LogP) is 4.27. The number of carbonyl (C=O) groups excluding carboxylic acids is 2. The topological polar surface area (TPSA) is 71.5 Å². The van der Waals surface area contributed by atoms with Gasteiger partial charge in [-0.1, -0.05) is 42.0 Å². The van der Waals surface area contributed by atoms with Gasteiger partial charge in [-0.3, -0.25) is 19.5 Å². The first kappa shape index (κ1) is 22.5. The van der Waals surface area contributed by atoms with Crippen molar-refractivity contribution in [1.82, 2.24) is 15.2 Å². The van der Waals surface area contributed by atoms with Crippen molar-refractivity contribution in [1.29, 1.82) is 0 Å². The van der Waals surface area contributed by atoms with Gasteiger partial charge in [0.1, 0.15) is 6.04 Å². The second-order valence-electron chi connectivity index (χ2n) is 9.69. The largest absolute Gasteiger partial charge is 0.468 e. The lowest BCUT2D eigenvalue weighted by molar-refractivity contribution is -0.146. The highest BCUT2D eigenvalue weighted by Crippen LogP contribution is 2.40. The third-order valence-electron chi connectivity index (χ3n) is 7.07. The first-order valence-electron chi connectivity index (χ1n) is 12.0. The number of fused-ring (bicyclic) bond motifs is 1. The van der Waals surface area contributed by atoms with Crippen LogP contribution in [0, 0.1) is 13.8 Å². The van der Waals surface area contributed by atoms with E-state index in [1.165, 1.54) is 23.8 Å². The molecular weight excluding hydrogens is 426 g/mol. The van der Waals surface area contributed by atoms with Gasteiger partial charge in [-0.25, -0.2) is 0 Å². The molecule has 2 atom stereocenters. The Labute approximate surface area is 200 Å². The molecule has 1 N–H and O–H groups in total. The number of likely N-dealkylation sites (tertiary alicyclic amines) is 1. The van der Waals surface area contributed by atoms with E-state index in [2.05, 4.69) is 42.3 Å². The van der Waals surface area contributed by atoms with Gasteiger partial charge in [0.05, 0.1) is 18.2 Å². The van der Waals surface area contributed by atoms with E-state index in [1.807, 2.05) is 30.3 Å². The van der Waals surface area contributed by atoms with Gasteiger partial charge in [0, 0.05) is 36.1 Å². The molecule has 2 heterocycles. The highest BCUT2D eigenvalue weighted by atomic mass is 16.5. The third kappa shape index (κ3) is 4.55. The highest BCUT2D eigenvalue weighted by molar-refractivity contribution is 6.06. The molecule has 5 rings (SSSR count). The maximum absolute atomic E-state index is 13.4. The van der Waals surface area contributed by atoms with Crippen LogP contribution >= 0.6 is 0 Å². The predicted molar refractivity (Wildman–Crippen MR) is 132 cm³/mol. The number of nitrogens with zero attached hydrogens (tertiary/aromatic N) is 2. The number of aromatic nitrogens is 1. The zero-order chi connectivity index (χ0) is 23.8. The van der Waals surface area contributed by atoms with Crippen LogP contribution in [0.25, 0.3) is 10.9 Å². The molecule has 1 aliphatic heterocycles. The lowest BCUT2D eigenvalue weighted by Crippen LogP contribution is -2.38. The molecule has 176 valence electrons. The Bertz CT molecular complexity index is 1250. The maximum atomic E-state index is 13.4. The maximum Gasteiger partial charge on any atom is 0.323 e. The first-order chi connectivity index (χ1) is 16.4. The lowest BCUT2D eigenvalue weighted by atomic mass is 10.0. The van der Waals surface area contributed by atoms with Gasteiger partial charge >= 0.3 is 5.97 Å². The molecule has 1 aliphatic carbocycles. The van der Waals surface area contributed by atoms with Crippen LogP contribution in [0.1, 0.15) is 57.9 Å². The average molecular weight is 458 g/mol. The van der Waals surface area contributed by atoms with Crippen molar-refractivity contribution in [3.05, 3.63) is 76.5 Å². The molecule has 0 radical (unpaired) electrons. The van der Waals surface area contributed by atoms with Gasteiger partial charge in [-0.05, 0) is 56.4 Å². The fourth-order valence-corrected chi connectivity index (χ4v) is 4.99. The Kier molecular flexibility index (Phi) is 6.09. The standard InChI is InChI=1S/C28H31N3O3/c1-17-8-9-18(2)20(12-17)15-31-16-21(13-26(31)28(33)34-3)29-27(32)23-14-25(19-10-11-19)30-24-7-5-4-6-22(23)24/h4-9,12,14,19,21,26H,10-11,13,15-16H2,1-3H3,(H,29,32)/t21-,26+/m1/s1. The lowest BCUT2D eigenvalue weighted by Gasteiger charge is -2.23. The fourth-order valence-electron chi connectivity index (χ4n) is 4.99. The normalized spacial score (nSPS) is 20.4. The van der Waals surface area contributed by atoms with Gasteiger partial charge in [0.25, 0.3) is 5.91 Å². The zero-order valence-corrected chi connectivity index (χ0v) is 20.0. The van der Waals surface area contributed by atoms with E-state index in [9.17, 15) is 9.59 Å². The van der Waals surface area contributed by atoms with Crippen molar-refractivity contribution in [2.24, 2.45) is 0 Å². The van der Waals surface area contributed by atoms with Gasteiger partial charge < -0.3 is 10.1 Å². The smallest absolute Gasteiger partial charge is 0.323 e. The Morgan fingerprint density at radius 3 is 2.68 bits per heavy atom. The number of benzene rings is 2. The second-order valence-corrected chi connectivity index (χ2v) is 9.69. The van der Waals surface area contributed by atoms with Gasteiger partial charge in [-0.15, -0.1) is 0 Å². The van der Waals surface area contributed by atoms with Crippen LogP contribution in [0.3, 0.4) is 0 Å². The molecule has 3 aromatic rings. The molecule has 2 aliphatic rings. The molecule has 1 saturated heterocycles. The number of methoxy groups -OCH3 is 1. The van der Waals surface area contributed by atoms with Crippen molar-refractivity contribution in [2.45, 2.75) is 57.7 Å². The van der Waals surface area contributed by atoms with Crippen LogP contribution in [0.5, 0.6) is 0 Å². The van der Waals surface area contributed by atoms with Crippen LogP contribution < -0.4 is 5.32 Å². The molecule has 1 saturated carbocycles. The second kappa shape index (κ2) is 9.18. The minimum Gasteiger partial charge on any atom is -0.468 e. The number of para-hydroxylation sites is 1. The number of esters is 1. The minimum absolute atomic E-state index is 0.109. The van der Waals surface area contributed by atoms with E-state index in [-0.39, 0.29) is 24.0 Å². The molecule has 34 heavy (non-hydrogen) atoms. The van der Waals surface area contributed by atoms with Gasteiger partial charge in [0.2, 0.25) is 0 Å². The summed E-state index contributed by atoms with van der Waals surface area (Å²) in [6.07, 6.45) is 2.79. The van der Waals surface area contributed by atoms with E-state index in [4.69, 9.17) is 9.72 Å². The van der Waals surface area contributed by atoms with Crippen LogP contribution in [0.2, 0.25) is 0 Å². The molecule has 0 unspecified atom stereocenters. The van der Waals surface area contributed by atoms with E-state index < -0.39 is 0 Å². The summed E-state index contributed by atoms with van der Waals surface area (Å²) in [7, 11) is 1.42. The van der Waals surface area contributed by atoms with Crippen LogP contribution in [-0.2, 0) is 16.1 Å². The summed E-state index contributed by atoms with van der Waals surface area (Å²) < 4.78 is 5.10. The quantitative estimate of drug-likeness (QED) is 0.560. The van der Waals surface area contributed by atoms with Crippen molar-refractivity contribution >= 4 is 22.8 Å². The summed E-state index contributed by atoms with van der Waals surface area (Å²) in [6.45, 7) is 5.40. The molecule has 2 fully saturated rings. The average Bonchev–Trinajstić information content (AvgIpc) is 3.62. The van der Waals surface area contributed by atoms with E-state index in [1.54, 1.807) is 0 Å². The van der Waals surface area contributed by atoms with Crippen molar-refractivity contribution in [2.75, 3.05) is 13.7 Å². The molecule has 0 bridgehead atoms. The van der Waals surface area contributed by atoms with Crippen molar-refractivity contribution in [3.8, 4) is 0 Å². The summed E-state index contributed by atoms with van der Waals surface area (Å²) >= 11 is 0. The number of rotatable bonds is 6. The summed E-state index contributed by atoms with van der Waals surface area (Å²) in [5.41, 5.74) is 6.09. The number of carbonyl (C=O) groups is 2. The molecule has 6 heteroatoms. The van der Waals surface area contributed by atoms with Crippen LogP contribution in [0.4, 0.5) is 0 Å². The summed E-state index contributed by atoms with van der Waals surface area (Å²) in [5.74, 6) is 0.0922. The molecular formula is C28H31N3O3. The highest BCUT2D eigenvalue weighted by Gasteiger charge is 2.38. The first-order valence-corrected chi connectivity index (χ1v) is 12.0. The summed E-state index contributed by atoms with van der Waals surface area (Å²) in [6, 6.07) is 15.6. The number of hydrogen-bond acceptors (Lipinski definition) is 5. The molecule has 1 aromatic heterocycles. The summed E-state index contributed by atoms with van der Waals surface area (Å²) in [4.78, 5) is 32.9. The Morgan fingerprint density at radius 2 is 1.91 bits per heavy atom. The number of amides is 1. The summed E-state index contributed by atoms with van der Waals surface area (Å²) in [5, 5.41) is 4.07. The SMILES string of the molecule is COC(=O)[C@@H]1C[C@@H](NC(=O)c2cc(C3CC3)nc3ccccc23)CN1Cc1cc(C)ccc1C. The zero-order valence-electron chi connectivity index (χ0n) is 20.0. The molecule has 2 aromatic carbocycles. The number of hydrogen-bond donors (Lipinski definition) is 1. The van der Waals surface area contributed by atoms with Crippen molar-refractivity contribution in [3.63, 3.8) is 0 Å². The molecule has 6 nitrogen and oxygen atoms in total. The number of aryl methyl sites for hydroxylation is 2. The van der Waals surface area contributed by atoms with E-state index in [0.29, 0.717) is 31.0 Å². The van der Waals surface area contributed by atoms with E-state index in [0.717, 1.165) is 29.4 Å². The van der Waals surface area contributed by atoms with Crippen LogP contribution in [0.15, 0.2) is 48.5 Å². The third-order valence-corrected chi connectivity index (χ3v) is 7.07. The van der Waals surface area contributed by atoms with Crippen LogP contribution in [-0.4, -0.2) is 47.5 Å². The fraction of sp³-hybridized carbons (Fsp3) is 0.393. The Morgan fingerprint density at radius 1 is 1.12 bits per heavy atom. The number of nitrogens with one attached hydrogen (secondary N) is 1. The molecule has 1 amide bonds. The Hall–Kier alpha value is -3.25. The van der Waals surface area contributed by atoms with Gasteiger partial charge in [-0.2, -0.15) is 0 Å². The van der Waals surface area contributed by atoms with Gasteiger partial charge in [0.15, 0.2) is 0 Å².